The number of likely N-dealkylation sites (N-methyl/N-ethyl adjacent to an activating group) is 1. The van der Waals surface area contributed by atoms with E-state index >= 15 is 0 Å². The van der Waals surface area contributed by atoms with E-state index in [4.69, 9.17) is 9.47 Å². The van der Waals surface area contributed by atoms with E-state index in [0.717, 1.165) is 32.3 Å². The first-order valence-corrected chi connectivity index (χ1v) is 5.82. The van der Waals surface area contributed by atoms with Gasteiger partial charge in [-0.2, -0.15) is 0 Å². The molecular formula is C11H24N2O2. The molecule has 15 heavy (non-hydrogen) atoms. The molecule has 4 heteroatoms. The minimum atomic E-state index is 0.692. The summed E-state index contributed by atoms with van der Waals surface area (Å²) in [4.78, 5) is 2.41. The molecular weight excluding hydrogens is 192 g/mol. The number of methoxy groups -OCH3 is 1. The highest BCUT2D eigenvalue weighted by atomic mass is 16.5. The van der Waals surface area contributed by atoms with Crippen LogP contribution < -0.4 is 5.32 Å². The van der Waals surface area contributed by atoms with Crippen LogP contribution in [0.4, 0.5) is 0 Å². The fourth-order valence-electron chi connectivity index (χ4n) is 1.88. The molecule has 90 valence electrons. The molecule has 0 aromatic rings. The molecule has 1 aliphatic heterocycles. The van der Waals surface area contributed by atoms with E-state index in [2.05, 4.69) is 17.3 Å². The Morgan fingerprint density at radius 3 is 2.60 bits per heavy atom. The van der Waals surface area contributed by atoms with Crippen LogP contribution in [0, 0.1) is 0 Å². The summed E-state index contributed by atoms with van der Waals surface area (Å²) < 4.78 is 10.4. The standard InChI is InChI=1S/C11H24N2O2/c1-13(7-8-15-10-9-14-2)11-3-5-12-6-4-11/h11-12H,3-10H2,1-2H3. The Morgan fingerprint density at radius 1 is 1.20 bits per heavy atom. The summed E-state index contributed by atoms with van der Waals surface area (Å²) in [6.07, 6.45) is 2.52. The van der Waals surface area contributed by atoms with Gasteiger partial charge in [0.15, 0.2) is 0 Å². The van der Waals surface area contributed by atoms with Crippen molar-refractivity contribution in [1.29, 1.82) is 0 Å². The molecule has 0 aromatic carbocycles. The van der Waals surface area contributed by atoms with E-state index in [-0.39, 0.29) is 0 Å². The number of nitrogens with zero attached hydrogens (tertiary/aromatic N) is 1. The van der Waals surface area contributed by atoms with Crippen molar-refractivity contribution < 1.29 is 9.47 Å². The van der Waals surface area contributed by atoms with Gasteiger partial charge in [-0.25, -0.2) is 0 Å². The first kappa shape index (κ1) is 12.9. The normalized spacial score (nSPS) is 18.6. The minimum absolute atomic E-state index is 0.692. The average molecular weight is 216 g/mol. The van der Waals surface area contributed by atoms with Crippen molar-refractivity contribution in [3.8, 4) is 0 Å². The molecule has 1 rings (SSSR count). The van der Waals surface area contributed by atoms with Gasteiger partial charge in [0, 0.05) is 19.7 Å². The van der Waals surface area contributed by atoms with Gasteiger partial charge in [-0.1, -0.05) is 0 Å². The Bertz CT molecular complexity index is 150. The van der Waals surface area contributed by atoms with E-state index in [0.29, 0.717) is 13.2 Å². The summed E-state index contributed by atoms with van der Waals surface area (Å²) in [6, 6.07) is 0.734. The van der Waals surface area contributed by atoms with Crippen molar-refractivity contribution in [3.63, 3.8) is 0 Å². The van der Waals surface area contributed by atoms with E-state index in [9.17, 15) is 0 Å². The van der Waals surface area contributed by atoms with Gasteiger partial charge in [0.25, 0.3) is 0 Å². The molecule has 1 N–H and O–H groups in total. The van der Waals surface area contributed by atoms with Gasteiger partial charge in [0.2, 0.25) is 0 Å². The fraction of sp³-hybridized carbons (Fsp3) is 1.00. The van der Waals surface area contributed by atoms with Crippen LogP contribution in [-0.2, 0) is 9.47 Å². The topological polar surface area (TPSA) is 33.7 Å². The van der Waals surface area contributed by atoms with Gasteiger partial charge in [0.05, 0.1) is 19.8 Å². The van der Waals surface area contributed by atoms with Crippen molar-refractivity contribution in [3.05, 3.63) is 0 Å². The van der Waals surface area contributed by atoms with Gasteiger partial charge in [-0.15, -0.1) is 0 Å². The van der Waals surface area contributed by atoms with Crippen LogP contribution in [0.3, 0.4) is 0 Å². The number of hydrogen-bond acceptors (Lipinski definition) is 4. The molecule has 0 bridgehead atoms. The molecule has 0 atom stereocenters. The average Bonchev–Trinajstić information content (AvgIpc) is 2.30. The number of ether oxygens (including phenoxy) is 2. The monoisotopic (exact) mass is 216 g/mol. The minimum Gasteiger partial charge on any atom is -0.382 e. The summed E-state index contributed by atoms with van der Waals surface area (Å²) in [5, 5.41) is 3.38. The van der Waals surface area contributed by atoms with E-state index < -0.39 is 0 Å². The smallest absolute Gasteiger partial charge is 0.0700 e. The predicted molar refractivity (Wildman–Crippen MR) is 61.2 cm³/mol. The molecule has 0 amide bonds. The maximum absolute atomic E-state index is 5.45. The molecule has 0 spiro atoms. The molecule has 1 saturated heterocycles. The lowest BCUT2D eigenvalue weighted by molar-refractivity contribution is 0.0522. The summed E-state index contributed by atoms with van der Waals surface area (Å²) in [6.45, 7) is 5.53. The third-order valence-corrected chi connectivity index (χ3v) is 2.95. The first-order valence-electron chi connectivity index (χ1n) is 5.82. The Balaban J connectivity index is 1.99. The van der Waals surface area contributed by atoms with Gasteiger partial charge < -0.3 is 19.7 Å². The second kappa shape index (κ2) is 8.05. The molecule has 4 nitrogen and oxygen atoms in total. The third-order valence-electron chi connectivity index (χ3n) is 2.95. The van der Waals surface area contributed by atoms with Crippen LogP contribution in [0.5, 0.6) is 0 Å². The second-order valence-corrected chi connectivity index (χ2v) is 4.07. The van der Waals surface area contributed by atoms with Crippen LogP contribution in [0.2, 0.25) is 0 Å². The van der Waals surface area contributed by atoms with Gasteiger partial charge in [0.1, 0.15) is 0 Å². The maximum atomic E-state index is 5.45. The van der Waals surface area contributed by atoms with Crippen molar-refractivity contribution in [2.45, 2.75) is 18.9 Å². The summed E-state index contributed by atoms with van der Waals surface area (Å²) >= 11 is 0. The van der Waals surface area contributed by atoms with Gasteiger partial charge >= 0.3 is 0 Å². The van der Waals surface area contributed by atoms with Crippen LogP contribution in [0.25, 0.3) is 0 Å². The van der Waals surface area contributed by atoms with Crippen LogP contribution in [0.1, 0.15) is 12.8 Å². The van der Waals surface area contributed by atoms with E-state index in [1.807, 2.05) is 0 Å². The number of hydrogen-bond donors (Lipinski definition) is 1. The summed E-state index contributed by atoms with van der Waals surface area (Å²) in [5.74, 6) is 0. The third kappa shape index (κ3) is 5.47. The zero-order valence-corrected chi connectivity index (χ0v) is 10.00. The second-order valence-electron chi connectivity index (χ2n) is 4.07. The lowest BCUT2D eigenvalue weighted by atomic mass is 10.1. The highest BCUT2D eigenvalue weighted by Crippen LogP contribution is 2.08. The quantitative estimate of drug-likeness (QED) is 0.622. The van der Waals surface area contributed by atoms with Crippen LogP contribution in [-0.4, -0.2) is 64.6 Å². The zero-order valence-electron chi connectivity index (χ0n) is 10.00. The molecule has 1 heterocycles. The number of piperidine rings is 1. The predicted octanol–water partition coefficient (Wildman–Crippen LogP) is 0.333. The van der Waals surface area contributed by atoms with Crippen molar-refractivity contribution in [2.75, 3.05) is 53.6 Å². The Labute approximate surface area is 92.9 Å². The molecule has 0 aliphatic carbocycles. The Kier molecular flexibility index (Phi) is 6.92. The highest BCUT2D eigenvalue weighted by Gasteiger charge is 2.16. The van der Waals surface area contributed by atoms with Crippen molar-refractivity contribution in [2.24, 2.45) is 0 Å². The van der Waals surface area contributed by atoms with E-state index in [1.54, 1.807) is 7.11 Å². The molecule has 0 aromatic heterocycles. The molecule has 0 saturated carbocycles. The van der Waals surface area contributed by atoms with Crippen molar-refractivity contribution >= 4 is 0 Å². The summed E-state index contributed by atoms with van der Waals surface area (Å²) in [7, 11) is 3.89. The Hall–Kier alpha value is -0.160. The van der Waals surface area contributed by atoms with Gasteiger partial charge in [-0.3, -0.25) is 0 Å². The lowest BCUT2D eigenvalue weighted by Gasteiger charge is -2.31. The fourth-order valence-corrected chi connectivity index (χ4v) is 1.88. The highest BCUT2D eigenvalue weighted by molar-refractivity contribution is 4.75. The zero-order chi connectivity index (χ0) is 10.9. The SMILES string of the molecule is COCCOCCN(C)C1CCNCC1. The van der Waals surface area contributed by atoms with Crippen molar-refractivity contribution in [1.82, 2.24) is 10.2 Å². The first-order chi connectivity index (χ1) is 7.34. The number of nitrogens with one attached hydrogen (secondary N) is 1. The molecule has 0 radical (unpaired) electrons. The largest absolute Gasteiger partial charge is 0.382 e. The molecule has 1 aliphatic rings. The molecule has 0 unspecified atom stereocenters. The molecule has 1 fully saturated rings. The Morgan fingerprint density at radius 2 is 1.93 bits per heavy atom. The maximum Gasteiger partial charge on any atom is 0.0700 e. The number of rotatable bonds is 7. The lowest BCUT2D eigenvalue weighted by Crippen LogP contribution is -2.42. The van der Waals surface area contributed by atoms with Gasteiger partial charge in [-0.05, 0) is 33.0 Å². The van der Waals surface area contributed by atoms with E-state index in [1.165, 1.54) is 12.8 Å². The summed E-state index contributed by atoms with van der Waals surface area (Å²) in [5.41, 5.74) is 0. The van der Waals surface area contributed by atoms with Crippen LogP contribution in [0.15, 0.2) is 0 Å². The van der Waals surface area contributed by atoms with Crippen LogP contribution >= 0.6 is 0 Å².